The van der Waals surface area contributed by atoms with Gasteiger partial charge >= 0.3 is 0 Å². The van der Waals surface area contributed by atoms with Gasteiger partial charge < -0.3 is 20.5 Å². The van der Waals surface area contributed by atoms with Crippen molar-refractivity contribution in [3.05, 3.63) is 35.5 Å². The third-order valence-corrected chi connectivity index (χ3v) is 6.42. The lowest BCUT2D eigenvalue weighted by Gasteiger charge is -2.20. The molecule has 0 amide bonds. The fraction of sp³-hybridized carbons (Fsp3) is 0.440. The molecule has 0 spiro atoms. The smallest absolute Gasteiger partial charge is 0.134 e. The van der Waals surface area contributed by atoms with E-state index in [1.165, 1.54) is 25.7 Å². The van der Waals surface area contributed by atoms with Crippen LogP contribution in [0.25, 0.3) is 22.0 Å². The van der Waals surface area contributed by atoms with Gasteiger partial charge in [-0.2, -0.15) is 0 Å². The van der Waals surface area contributed by atoms with Crippen molar-refractivity contribution in [2.24, 2.45) is 5.92 Å². The molecule has 1 saturated carbocycles. The van der Waals surface area contributed by atoms with Gasteiger partial charge in [0.2, 0.25) is 0 Å². The molecule has 0 radical (unpaired) electrons. The fourth-order valence-electron chi connectivity index (χ4n) is 4.76. The Labute approximate surface area is 184 Å². The van der Waals surface area contributed by atoms with Crippen molar-refractivity contribution in [3.8, 4) is 22.8 Å². The summed E-state index contributed by atoms with van der Waals surface area (Å²) in [4.78, 5) is 9.41. The van der Waals surface area contributed by atoms with E-state index in [1.54, 1.807) is 14.2 Å². The van der Waals surface area contributed by atoms with Crippen LogP contribution in [0.4, 0.5) is 11.6 Å². The average Bonchev–Trinajstić information content (AvgIpc) is 3.30. The first kappa shape index (κ1) is 21.2. The molecular weight excluding hydrogens is 388 g/mol. The molecule has 1 aliphatic rings. The number of anilines is 2. The number of benzene rings is 1. The molecule has 4 rings (SSSR count). The lowest BCUT2D eigenvalue weighted by atomic mass is 9.94. The van der Waals surface area contributed by atoms with Crippen molar-refractivity contribution in [1.29, 1.82) is 0 Å². The predicted octanol–water partition coefficient (Wildman–Crippen LogP) is 5.37. The van der Waals surface area contributed by atoms with Gasteiger partial charge in [0.15, 0.2) is 0 Å². The first-order valence-electron chi connectivity index (χ1n) is 11.1. The van der Waals surface area contributed by atoms with Crippen molar-refractivity contribution in [3.63, 3.8) is 0 Å². The highest BCUT2D eigenvalue weighted by Crippen LogP contribution is 2.41. The SMILES string of the molecule is CCc1c(OC)cc(OC)c(C)c1-c1cc2cnc(N)cc2c(NCC2CCCC2)n1. The van der Waals surface area contributed by atoms with Crippen LogP contribution < -0.4 is 20.5 Å². The van der Waals surface area contributed by atoms with Crippen molar-refractivity contribution in [1.82, 2.24) is 9.97 Å². The Balaban J connectivity index is 1.89. The van der Waals surface area contributed by atoms with E-state index >= 15 is 0 Å². The van der Waals surface area contributed by atoms with E-state index in [0.29, 0.717) is 11.7 Å². The van der Waals surface area contributed by atoms with E-state index in [-0.39, 0.29) is 0 Å². The second-order valence-electron chi connectivity index (χ2n) is 8.33. The second-order valence-corrected chi connectivity index (χ2v) is 8.33. The van der Waals surface area contributed by atoms with Crippen LogP contribution in [0.5, 0.6) is 11.5 Å². The van der Waals surface area contributed by atoms with Crippen LogP contribution in [-0.2, 0) is 6.42 Å². The Morgan fingerprint density at radius 1 is 1.10 bits per heavy atom. The van der Waals surface area contributed by atoms with Gasteiger partial charge in [0.05, 0.1) is 19.9 Å². The third-order valence-electron chi connectivity index (χ3n) is 6.42. The molecule has 0 aliphatic heterocycles. The van der Waals surface area contributed by atoms with E-state index in [1.807, 2.05) is 18.3 Å². The zero-order valence-corrected chi connectivity index (χ0v) is 18.9. The molecule has 6 nitrogen and oxygen atoms in total. The number of ether oxygens (including phenoxy) is 2. The Hall–Kier alpha value is -3.02. The van der Waals surface area contributed by atoms with E-state index in [4.69, 9.17) is 20.2 Å². The summed E-state index contributed by atoms with van der Waals surface area (Å²) in [7, 11) is 3.38. The first-order valence-corrected chi connectivity index (χ1v) is 11.1. The van der Waals surface area contributed by atoms with Gasteiger partial charge in [-0.1, -0.05) is 19.8 Å². The molecule has 1 aliphatic carbocycles. The maximum atomic E-state index is 6.01. The number of pyridine rings is 2. The lowest BCUT2D eigenvalue weighted by Crippen LogP contribution is -2.13. The Morgan fingerprint density at radius 3 is 2.52 bits per heavy atom. The van der Waals surface area contributed by atoms with Gasteiger partial charge in [0.1, 0.15) is 23.1 Å². The molecule has 31 heavy (non-hydrogen) atoms. The predicted molar refractivity (Wildman–Crippen MR) is 127 cm³/mol. The molecule has 0 atom stereocenters. The zero-order chi connectivity index (χ0) is 22.0. The summed E-state index contributed by atoms with van der Waals surface area (Å²) < 4.78 is 11.3. The van der Waals surface area contributed by atoms with Crippen LogP contribution in [0.1, 0.15) is 43.7 Å². The number of rotatable bonds is 7. The summed E-state index contributed by atoms with van der Waals surface area (Å²) >= 11 is 0. The minimum atomic E-state index is 0.499. The molecule has 164 valence electrons. The Kier molecular flexibility index (Phi) is 6.16. The average molecular weight is 421 g/mol. The number of nitrogens with zero attached hydrogens (tertiary/aromatic N) is 2. The van der Waals surface area contributed by atoms with Gasteiger partial charge in [-0.15, -0.1) is 0 Å². The molecule has 1 aromatic carbocycles. The molecule has 0 bridgehead atoms. The van der Waals surface area contributed by atoms with Crippen molar-refractivity contribution in [2.45, 2.75) is 46.0 Å². The number of nitrogens with one attached hydrogen (secondary N) is 1. The number of hydrogen-bond donors (Lipinski definition) is 2. The summed E-state index contributed by atoms with van der Waals surface area (Å²) in [5.74, 6) is 3.67. The summed E-state index contributed by atoms with van der Waals surface area (Å²) in [6.45, 7) is 5.14. The van der Waals surface area contributed by atoms with E-state index in [0.717, 1.165) is 63.4 Å². The van der Waals surface area contributed by atoms with Gasteiger partial charge in [-0.3, -0.25) is 0 Å². The summed E-state index contributed by atoms with van der Waals surface area (Å²) in [6.07, 6.45) is 7.85. The first-order chi connectivity index (χ1) is 15.0. The fourth-order valence-corrected chi connectivity index (χ4v) is 4.76. The van der Waals surface area contributed by atoms with Gasteiger partial charge in [0, 0.05) is 46.3 Å². The summed E-state index contributed by atoms with van der Waals surface area (Å²) in [6, 6.07) is 5.95. The number of nitrogen functional groups attached to an aromatic ring is 1. The molecule has 0 unspecified atom stereocenters. The normalized spacial score (nSPS) is 14.2. The molecule has 1 fully saturated rings. The molecule has 3 N–H and O–H groups in total. The summed E-state index contributed by atoms with van der Waals surface area (Å²) in [5.41, 5.74) is 10.1. The van der Waals surface area contributed by atoms with Crippen LogP contribution in [0.15, 0.2) is 24.4 Å². The van der Waals surface area contributed by atoms with Crippen LogP contribution in [0.3, 0.4) is 0 Å². The molecule has 3 aromatic rings. The third kappa shape index (κ3) is 4.11. The highest BCUT2D eigenvalue weighted by molar-refractivity contribution is 5.96. The molecular formula is C25H32N4O2. The van der Waals surface area contributed by atoms with Gasteiger partial charge in [-0.25, -0.2) is 9.97 Å². The lowest BCUT2D eigenvalue weighted by molar-refractivity contribution is 0.390. The molecule has 2 heterocycles. The Morgan fingerprint density at radius 2 is 1.84 bits per heavy atom. The van der Waals surface area contributed by atoms with Gasteiger partial charge in [-0.05, 0) is 44.2 Å². The van der Waals surface area contributed by atoms with E-state index in [9.17, 15) is 0 Å². The molecule has 0 saturated heterocycles. The van der Waals surface area contributed by atoms with Crippen molar-refractivity contribution in [2.75, 3.05) is 31.8 Å². The molecule has 2 aromatic heterocycles. The minimum Gasteiger partial charge on any atom is -0.496 e. The number of fused-ring (bicyclic) bond motifs is 1. The quantitative estimate of drug-likeness (QED) is 0.535. The highest BCUT2D eigenvalue weighted by atomic mass is 16.5. The number of aromatic nitrogens is 2. The number of nitrogens with two attached hydrogens (primary N) is 1. The maximum Gasteiger partial charge on any atom is 0.134 e. The van der Waals surface area contributed by atoms with Crippen molar-refractivity contribution >= 4 is 22.4 Å². The van der Waals surface area contributed by atoms with Gasteiger partial charge in [0.25, 0.3) is 0 Å². The zero-order valence-electron chi connectivity index (χ0n) is 18.9. The largest absolute Gasteiger partial charge is 0.496 e. The topological polar surface area (TPSA) is 82.3 Å². The van der Waals surface area contributed by atoms with Crippen molar-refractivity contribution < 1.29 is 9.47 Å². The standard InChI is InChI=1S/C25H32N4O2/c1-5-18-22(31-4)12-21(30-3)15(2)24(18)20-10-17-14-27-23(26)11-19(17)25(29-20)28-13-16-8-6-7-9-16/h10-12,14,16H,5-9,13H2,1-4H3,(H2,26,27)(H,28,29). The monoisotopic (exact) mass is 420 g/mol. The number of hydrogen-bond acceptors (Lipinski definition) is 6. The maximum absolute atomic E-state index is 6.01. The van der Waals surface area contributed by atoms with Crippen LogP contribution >= 0.6 is 0 Å². The highest BCUT2D eigenvalue weighted by Gasteiger charge is 2.21. The van der Waals surface area contributed by atoms with Crippen LogP contribution in [-0.4, -0.2) is 30.7 Å². The van der Waals surface area contributed by atoms with Crippen LogP contribution in [0.2, 0.25) is 0 Å². The molecule has 6 heteroatoms. The Bertz CT molecular complexity index is 1090. The van der Waals surface area contributed by atoms with E-state index < -0.39 is 0 Å². The second kappa shape index (κ2) is 9.00. The van der Waals surface area contributed by atoms with E-state index in [2.05, 4.69) is 30.2 Å². The van der Waals surface area contributed by atoms with Crippen LogP contribution in [0, 0.1) is 12.8 Å². The number of methoxy groups -OCH3 is 2. The summed E-state index contributed by atoms with van der Waals surface area (Å²) in [5, 5.41) is 5.63. The minimum absolute atomic E-state index is 0.499.